The van der Waals surface area contributed by atoms with Crippen LogP contribution >= 0.6 is 22.9 Å². The molecule has 3 rings (SSSR count). The van der Waals surface area contributed by atoms with Crippen molar-refractivity contribution in [2.24, 2.45) is 0 Å². The first-order chi connectivity index (χ1) is 13.7. The van der Waals surface area contributed by atoms with Gasteiger partial charge in [-0.05, 0) is 44.0 Å². The lowest BCUT2D eigenvalue weighted by Crippen LogP contribution is -2.35. The number of rotatable bonds is 5. The molecule has 5 nitrogen and oxygen atoms in total. The van der Waals surface area contributed by atoms with Gasteiger partial charge in [0.1, 0.15) is 10.7 Å². The molecule has 2 aromatic carbocycles. The van der Waals surface area contributed by atoms with Gasteiger partial charge in [0, 0.05) is 28.7 Å². The van der Waals surface area contributed by atoms with Gasteiger partial charge in [-0.2, -0.15) is 0 Å². The van der Waals surface area contributed by atoms with Gasteiger partial charge in [0.15, 0.2) is 0 Å². The molecule has 29 heavy (non-hydrogen) atoms. The van der Waals surface area contributed by atoms with Gasteiger partial charge in [-0.15, -0.1) is 11.3 Å². The van der Waals surface area contributed by atoms with E-state index in [0.29, 0.717) is 15.7 Å². The highest BCUT2D eigenvalue weighted by atomic mass is 35.5. The van der Waals surface area contributed by atoms with Crippen molar-refractivity contribution in [3.63, 3.8) is 0 Å². The minimum atomic E-state index is -0.304. The van der Waals surface area contributed by atoms with E-state index in [1.165, 1.54) is 16.2 Å². The van der Waals surface area contributed by atoms with Gasteiger partial charge in [0.2, 0.25) is 5.91 Å². The molecule has 0 atom stereocenters. The lowest BCUT2D eigenvalue weighted by atomic mass is 10.1. The Hall–Kier alpha value is -2.70. The van der Waals surface area contributed by atoms with Crippen LogP contribution in [0.1, 0.15) is 27.2 Å². The molecule has 0 radical (unpaired) electrons. The Morgan fingerprint density at radius 1 is 1.14 bits per heavy atom. The van der Waals surface area contributed by atoms with Crippen LogP contribution in [0, 0.1) is 20.8 Å². The summed E-state index contributed by atoms with van der Waals surface area (Å²) in [6.07, 6.45) is 0. The molecule has 0 saturated carbocycles. The molecule has 2 amide bonds. The van der Waals surface area contributed by atoms with Gasteiger partial charge >= 0.3 is 0 Å². The molecule has 0 aliphatic rings. The molecule has 0 spiro atoms. The average molecular weight is 428 g/mol. The van der Waals surface area contributed by atoms with E-state index in [4.69, 9.17) is 11.6 Å². The number of thiazole rings is 1. The van der Waals surface area contributed by atoms with Gasteiger partial charge in [-0.25, -0.2) is 4.98 Å². The van der Waals surface area contributed by atoms with E-state index in [2.05, 4.69) is 10.3 Å². The van der Waals surface area contributed by atoms with E-state index in [0.717, 1.165) is 27.9 Å². The number of hydrogen-bond donors (Lipinski definition) is 1. The number of amides is 2. The maximum Gasteiger partial charge on any atom is 0.273 e. The topological polar surface area (TPSA) is 62.3 Å². The summed E-state index contributed by atoms with van der Waals surface area (Å²) >= 11 is 7.39. The summed E-state index contributed by atoms with van der Waals surface area (Å²) in [6.45, 7) is 5.87. The monoisotopic (exact) mass is 427 g/mol. The molecule has 1 heterocycles. The Labute approximate surface area is 179 Å². The first kappa shape index (κ1) is 21.0. The van der Waals surface area contributed by atoms with Crippen molar-refractivity contribution in [3.8, 4) is 10.6 Å². The summed E-state index contributed by atoms with van der Waals surface area (Å²) in [5.74, 6) is -0.553. The van der Waals surface area contributed by atoms with Gasteiger partial charge in [-0.1, -0.05) is 41.4 Å². The predicted molar refractivity (Wildman–Crippen MR) is 119 cm³/mol. The summed E-state index contributed by atoms with van der Waals surface area (Å²) < 4.78 is 0. The van der Waals surface area contributed by atoms with Crippen LogP contribution in [0.25, 0.3) is 10.6 Å². The number of likely N-dealkylation sites (N-methyl/N-ethyl adjacent to an activating group) is 1. The Morgan fingerprint density at radius 2 is 1.83 bits per heavy atom. The molecule has 1 N–H and O–H groups in total. The normalized spacial score (nSPS) is 10.7. The van der Waals surface area contributed by atoms with Gasteiger partial charge < -0.3 is 10.2 Å². The van der Waals surface area contributed by atoms with Crippen molar-refractivity contribution >= 4 is 40.4 Å². The second-order valence-electron chi connectivity index (χ2n) is 7.03. The van der Waals surface area contributed by atoms with Crippen LogP contribution in [0.5, 0.6) is 0 Å². The number of carbonyl (C=O) groups is 2. The molecular weight excluding hydrogens is 406 g/mol. The molecule has 0 unspecified atom stereocenters. The second kappa shape index (κ2) is 8.76. The van der Waals surface area contributed by atoms with Gasteiger partial charge in [0.05, 0.1) is 6.54 Å². The molecule has 0 aliphatic carbocycles. The number of benzene rings is 2. The third-order valence-electron chi connectivity index (χ3n) is 4.46. The largest absolute Gasteiger partial charge is 0.331 e. The van der Waals surface area contributed by atoms with Crippen LogP contribution in [-0.2, 0) is 4.79 Å². The number of aromatic nitrogens is 1. The first-order valence-electron chi connectivity index (χ1n) is 9.09. The van der Waals surface area contributed by atoms with Crippen LogP contribution in [0.15, 0.2) is 41.8 Å². The Morgan fingerprint density at radius 3 is 2.48 bits per heavy atom. The van der Waals surface area contributed by atoms with E-state index in [9.17, 15) is 9.59 Å². The van der Waals surface area contributed by atoms with Crippen LogP contribution in [0.4, 0.5) is 5.69 Å². The number of carbonyl (C=O) groups excluding carboxylic acids is 2. The Kier molecular flexibility index (Phi) is 6.35. The number of aryl methyl sites for hydroxylation is 3. The van der Waals surface area contributed by atoms with Gasteiger partial charge in [0.25, 0.3) is 5.91 Å². The lowest BCUT2D eigenvalue weighted by molar-refractivity contribution is -0.116. The van der Waals surface area contributed by atoms with E-state index in [1.807, 2.05) is 45.0 Å². The van der Waals surface area contributed by atoms with Gasteiger partial charge in [-0.3, -0.25) is 9.59 Å². The van der Waals surface area contributed by atoms with Crippen molar-refractivity contribution in [2.45, 2.75) is 20.8 Å². The Bertz CT molecular complexity index is 1050. The molecule has 7 heteroatoms. The quantitative estimate of drug-likeness (QED) is 0.616. The zero-order valence-electron chi connectivity index (χ0n) is 16.7. The fourth-order valence-corrected chi connectivity index (χ4v) is 4.15. The molecule has 0 fully saturated rings. The minimum Gasteiger partial charge on any atom is -0.331 e. The Balaban J connectivity index is 1.67. The molecule has 3 aromatic rings. The predicted octanol–water partition coefficient (Wildman–Crippen LogP) is 5.10. The SMILES string of the molecule is Cc1cc(C)c(NC(=O)CN(C)C(=O)c2csc(-c3cccc(Cl)c3)n2)c(C)c1. The van der Waals surface area contributed by atoms with Crippen LogP contribution in [-0.4, -0.2) is 35.3 Å². The summed E-state index contributed by atoms with van der Waals surface area (Å²) in [5, 5.41) is 5.93. The fraction of sp³-hybridized carbons (Fsp3) is 0.227. The van der Waals surface area contributed by atoms with E-state index >= 15 is 0 Å². The van der Waals surface area contributed by atoms with Crippen LogP contribution < -0.4 is 5.32 Å². The maximum absolute atomic E-state index is 12.7. The van der Waals surface area contributed by atoms with Crippen molar-refractivity contribution in [1.29, 1.82) is 0 Å². The van der Waals surface area contributed by atoms with E-state index in [-0.39, 0.29) is 18.4 Å². The molecule has 150 valence electrons. The molecule has 0 aliphatic heterocycles. The first-order valence-corrected chi connectivity index (χ1v) is 10.3. The van der Waals surface area contributed by atoms with Crippen LogP contribution in [0.3, 0.4) is 0 Å². The van der Waals surface area contributed by atoms with E-state index in [1.54, 1.807) is 24.6 Å². The highest BCUT2D eigenvalue weighted by Gasteiger charge is 2.19. The highest BCUT2D eigenvalue weighted by Crippen LogP contribution is 2.26. The number of hydrogen-bond acceptors (Lipinski definition) is 4. The number of nitrogens with one attached hydrogen (secondary N) is 1. The van der Waals surface area contributed by atoms with Crippen molar-refractivity contribution in [3.05, 3.63) is 69.2 Å². The van der Waals surface area contributed by atoms with Crippen molar-refractivity contribution in [2.75, 3.05) is 18.9 Å². The maximum atomic E-state index is 12.7. The third kappa shape index (κ3) is 5.02. The molecule has 1 aromatic heterocycles. The smallest absolute Gasteiger partial charge is 0.273 e. The van der Waals surface area contributed by atoms with Crippen molar-refractivity contribution < 1.29 is 9.59 Å². The summed E-state index contributed by atoms with van der Waals surface area (Å²) in [7, 11) is 1.59. The average Bonchev–Trinajstić information content (AvgIpc) is 3.14. The highest BCUT2D eigenvalue weighted by molar-refractivity contribution is 7.13. The summed E-state index contributed by atoms with van der Waals surface area (Å²) in [4.78, 5) is 30.9. The third-order valence-corrected chi connectivity index (χ3v) is 5.59. The molecule has 0 bridgehead atoms. The number of nitrogens with zero attached hydrogens (tertiary/aromatic N) is 2. The van der Waals surface area contributed by atoms with Crippen molar-refractivity contribution in [1.82, 2.24) is 9.88 Å². The second-order valence-corrected chi connectivity index (χ2v) is 8.33. The summed E-state index contributed by atoms with van der Waals surface area (Å²) in [5.41, 5.74) is 5.09. The zero-order valence-corrected chi connectivity index (χ0v) is 18.3. The lowest BCUT2D eigenvalue weighted by Gasteiger charge is -2.17. The van der Waals surface area contributed by atoms with E-state index < -0.39 is 0 Å². The number of anilines is 1. The standard InChI is InChI=1S/C22H22ClN3O2S/c1-13-8-14(2)20(15(3)9-13)25-19(27)11-26(4)22(28)18-12-29-21(24-18)16-6-5-7-17(23)10-16/h5-10,12H,11H2,1-4H3,(H,25,27). The fourth-order valence-electron chi connectivity index (χ4n) is 3.16. The summed E-state index contributed by atoms with van der Waals surface area (Å²) in [6, 6.07) is 11.4. The zero-order chi connectivity index (χ0) is 21.1. The molecule has 0 saturated heterocycles. The number of halogens is 1. The minimum absolute atomic E-state index is 0.0599. The van der Waals surface area contributed by atoms with Crippen LogP contribution in [0.2, 0.25) is 5.02 Å². The molecular formula is C22H22ClN3O2S.